The molecule has 0 bridgehead atoms. The van der Waals surface area contributed by atoms with Gasteiger partial charge in [-0.25, -0.2) is 9.37 Å². The number of guanidine groups is 1. The summed E-state index contributed by atoms with van der Waals surface area (Å²) in [6.45, 7) is 2.35. The lowest BCUT2D eigenvalue weighted by Gasteiger charge is -2.12. The van der Waals surface area contributed by atoms with Crippen molar-refractivity contribution in [2.75, 3.05) is 13.6 Å². The van der Waals surface area contributed by atoms with E-state index in [1.807, 2.05) is 17.1 Å². The molecule has 0 aliphatic heterocycles. The highest BCUT2D eigenvalue weighted by Gasteiger charge is 1.98. The maximum absolute atomic E-state index is 12.8. The van der Waals surface area contributed by atoms with Crippen molar-refractivity contribution in [2.24, 2.45) is 4.99 Å². The van der Waals surface area contributed by atoms with Crippen molar-refractivity contribution < 1.29 is 4.39 Å². The van der Waals surface area contributed by atoms with Crippen LogP contribution in [0.4, 0.5) is 4.39 Å². The minimum absolute atomic E-state index is 0.222. The Hall–Kier alpha value is -2.37. The average Bonchev–Trinajstić information content (AvgIpc) is 3.01. The standard InChI is InChI=1S/C15H20FN5/c1-17-15(19-7-2-9-21-10-8-18-12-21)20-11-13-3-5-14(16)6-4-13/h3-6,8,10,12H,2,7,9,11H2,1H3,(H2,17,19,20). The number of halogens is 1. The monoisotopic (exact) mass is 289 g/mol. The molecule has 2 N–H and O–H groups in total. The molecule has 5 nitrogen and oxygen atoms in total. The summed E-state index contributed by atoms with van der Waals surface area (Å²) >= 11 is 0. The fraction of sp³-hybridized carbons (Fsp3) is 0.333. The summed E-state index contributed by atoms with van der Waals surface area (Å²) < 4.78 is 14.8. The van der Waals surface area contributed by atoms with Crippen molar-refractivity contribution in [3.05, 3.63) is 54.4 Å². The van der Waals surface area contributed by atoms with Crippen LogP contribution in [0.25, 0.3) is 0 Å². The molecule has 1 heterocycles. The SMILES string of the molecule is CN=C(NCCCn1ccnc1)NCc1ccc(F)cc1. The largest absolute Gasteiger partial charge is 0.356 e. The van der Waals surface area contributed by atoms with E-state index in [2.05, 4.69) is 20.6 Å². The Morgan fingerprint density at radius 3 is 2.76 bits per heavy atom. The van der Waals surface area contributed by atoms with Crippen molar-refractivity contribution in [1.82, 2.24) is 20.2 Å². The molecule has 0 fully saturated rings. The molecule has 0 saturated carbocycles. The summed E-state index contributed by atoms with van der Waals surface area (Å²) in [4.78, 5) is 8.16. The molecule has 0 saturated heterocycles. The number of imidazole rings is 1. The highest BCUT2D eigenvalue weighted by atomic mass is 19.1. The number of aliphatic imine (C=N–C) groups is 1. The topological polar surface area (TPSA) is 54.2 Å². The molecule has 0 radical (unpaired) electrons. The van der Waals surface area contributed by atoms with E-state index in [-0.39, 0.29) is 5.82 Å². The number of benzene rings is 1. The lowest BCUT2D eigenvalue weighted by molar-refractivity contribution is 0.623. The summed E-state index contributed by atoms with van der Waals surface area (Å²) in [5, 5.41) is 6.44. The molecule has 2 aromatic rings. The van der Waals surface area contributed by atoms with Gasteiger partial charge in [0.15, 0.2) is 5.96 Å². The summed E-state index contributed by atoms with van der Waals surface area (Å²) in [5.74, 6) is 0.519. The summed E-state index contributed by atoms with van der Waals surface area (Å²) in [6.07, 6.45) is 6.51. The Morgan fingerprint density at radius 2 is 2.10 bits per heavy atom. The molecule has 0 amide bonds. The zero-order valence-electron chi connectivity index (χ0n) is 12.1. The van der Waals surface area contributed by atoms with Crippen LogP contribution in [0.5, 0.6) is 0 Å². The first-order valence-electron chi connectivity index (χ1n) is 6.92. The van der Waals surface area contributed by atoms with Gasteiger partial charge in [-0.1, -0.05) is 12.1 Å². The zero-order valence-corrected chi connectivity index (χ0v) is 12.1. The van der Waals surface area contributed by atoms with Crippen LogP contribution in [0.2, 0.25) is 0 Å². The number of aryl methyl sites for hydroxylation is 1. The predicted octanol–water partition coefficient (Wildman–Crippen LogP) is 1.78. The van der Waals surface area contributed by atoms with E-state index in [0.29, 0.717) is 6.54 Å². The third kappa shape index (κ3) is 5.25. The van der Waals surface area contributed by atoms with Crippen LogP contribution < -0.4 is 10.6 Å². The van der Waals surface area contributed by atoms with Crippen LogP contribution in [0.3, 0.4) is 0 Å². The van der Waals surface area contributed by atoms with Gasteiger partial charge in [0.25, 0.3) is 0 Å². The Balaban J connectivity index is 1.67. The molecule has 0 spiro atoms. The molecular formula is C15H20FN5. The number of hydrogen-bond donors (Lipinski definition) is 2. The molecule has 0 atom stereocenters. The van der Waals surface area contributed by atoms with Crippen LogP contribution in [0.15, 0.2) is 48.0 Å². The fourth-order valence-electron chi connectivity index (χ4n) is 1.90. The molecule has 0 aliphatic rings. The van der Waals surface area contributed by atoms with Crippen LogP contribution >= 0.6 is 0 Å². The Morgan fingerprint density at radius 1 is 1.29 bits per heavy atom. The minimum Gasteiger partial charge on any atom is -0.356 e. The molecule has 0 aliphatic carbocycles. The average molecular weight is 289 g/mol. The van der Waals surface area contributed by atoms with Crippen molar-refractivity contribution in [3.63, 3.8) is 0 Å². The van der Waals surface area contributed by atoms with Gasteiger partial charge in [-0.15, -0.1) is 0 Å². The second-order valence-corrected chi connectivity index (χ2v) is 4.63. The number of nitrogens with one attached hydrogen (secondary N) is 2. The van der Waals surface area contributed by atoms with Crippen LogP contribution in [0, 0.1) is 5.82 Å². The normalized spacial score (nSPS) is 11.4. The lowest BCUT2D eigenvalue weighted by atomic mass is 10.2. The van der Waals surface area contributed by atoms with Gasteiger partial charge in [0.2, 0.25) is 0 Å². The van der Waals surface area contributed by atoms with E-state index in [1.54, 1.807) is 25.4 Å². The lowest BCUT2D eigenvalue weighted by Crippen LogP contribution is -2.37. The quantitative estimate of drug-likeness (QED) is 0.484. The van der Waals surface area contributed by atoms with E-state index < -0.39 is 0 Å². The first kappa shape index (κ1) is 15.0. The second-order valence-electron chi connectivity index (χ2n) is 4.63. The van der Waals surface area contributed by atoms with Gasteiger partial charge in [-0.05, 0) is 24.1 Å². The first-order chi connectivity index (χ1) is 10.3. The van der Waals surface area contributed by atoms with E-state index in [4.69, 9.17) is 0 Å². The highest BCUT2D eigenvalue weighted by molar-refractivity contribution is 5.79. The molecule has 1 aromatic carbocycles. The molecule has 2 rings (SSSR count). The van der Waals surface area contributed by atoms with Gasteiger partial charge in [-0.2, -0.15) is 0 Å². The molecule has 6 heteroatoms. The van der Waals surface area contributed by atoms with Gasteiger partial charge in [0.05, 0.1) is 6.33 Å². The van der Waals surface area contributed by atoms with Gasteiger partial charge in [-0.3, -0.25) is 4.99 Å². The Kier molecular flexibility index (Phi) is 5.75. The smallest absolute Gasteiger partial charge is 0.191 e. The summed E-state index contributed by atoms with van der Waals surface area (Å²) in [6, 6.07) is 6.43. The van der Waals surface area contributed by atoms with Crippen LogP contribution in [0.1, 0.15) is 12.0 Å². The zero-order chi connectivity index (χ0) is 14.9. The third-order valence-electron chi connectivity index (χ3n) is 3.04. The maximum Gasteiger partial charge on any atom is 0.191 e. The van der Waals surface area contributed by atoms with E-state index in [0.717, 1.165) is 31.0 Å². The van der Waals surface area contributed by atoms with E-state index in [9.17, 15) is 4.39 Å². The Labute approximate surface area is 123 Å². The van der Waals surface area contributed by atoms with Gasteiger partial charge in [0, 0.05) is 39.1 Å². The van der Waals surface area contributed by atoms with Gasteiger partial charge < -0.3 is 15.2 Å². The third-order valence-corrected chi connectivity index (χ3v) is 3.04. The predicted molar refractivity (Wildman–Crippen MR) is 81.4 cm³/mol. The molecule has 112 valence electrons. The number of nitrogens with zero attached hydrogens (tertiary/aromatic N) is 3. The summed E-state index contributed by atoms with van der Waals surface area (Å²) in [5.41, 5.74) is 1.01. The van der Waals surface area contributed by atoms with E-state index in [1.165, 1.54) is 12.1 Å². The number of rotatable bonds is 6. The van der Waals surface area contributed by atoms with Gasteiger partial charge in [0.1, 0.15) is 5.82 Å². The number of hydrogen-bond acceptors (Lipinski definition) is 2. The molecule has 1 aromatic heterocycles. The minimum atomic E-state index is -0.222. The van der Waals surface area contributed by atoms with Crippen LogP contribution in [-0.4, -0.2) is 29.1 Å². The molecule has 21 heavy (non-hydrogen) atoms. The highest BCUT2D eigenvalue weighted by Crippen LogP contribution is 2.01. The van der Waals surface area contributed by atoms with E-state index >= 15 is 0 Å². The van der Waals surface area contributed by atoms with Crippen molar-refractivity contribution in [1.29, 1.82) is 0 Å². The second kappa shape index (κ2) is 8.04. The molecule has 0 unspecified atom stereocenters. The maximum atomic E-state index is 12.8. The first-order valence-corrected chi connectivity index (χ1v) is 6.92. The fourth-order valence-corrected chi connectivity index (χ4v) is 1.90. The summed E-state index contributed by atoms with van der Waals surface area (Å²) in [7, 11) is 1.73. The Bertz CT molecular complexity index is 548. The van der Waals surface area contributed by atoms with Crippen molar-refractivity contribution >= 4 is 5.96 Å². The van der Waals surface area contributed by atoms with Crippen LogP contribution in [-0.2, 0) is 13.1 Å². The van der Waals surface area contributed by atoms with Crippen molar-refractivity contribution in [3.8, 4) is 0 Å². The number of aromatic nitrogens is 2. The molecular weight excluding hydrogens is 269 g/mol. The van der Waals surface area contributed by atoms with Crippen molar-refractivity contribution in [2.45, 2.75) is 19.5 Å². The van der Waals surface area contributed by atoms with Gasteiger partial charge >= 0.3 is 0 Å².